The van der Waals surface area contributed by atoms with Crippen LogP contribution in [0, 0.1) is 11.6 Å². The highest BCUT2D eigenvalue weighted by molar-refractivity contribution is 6.35. The number of benzene rings is 2. The molecule has 3 nitrogen and oxygen atoms in total. The van der Waals surface area contributed by atoms with Crippen LogP contribution in [-0.2, 0) is 11.2 Å². The summed E-state index contributed by atoms with van der Waals surface area (Å²) in [6, 6.07) is 8.19. The molecule has 0 heterocycles. The number of anilines is 1. The quantitative estimate of drug-likeness (QED) is 0.765. The van der Waals surface area contributed by atoms with Crippen LogP contribution in [0.25, 0.3) is 0 Å². The molecule has 0 aliphatic carbocycles. The summed E-state index contributed by atoms with van der Waals surface area (Å²) in [4.78, 5) is 11.7. The summed E-state index contributed by atoms with van der Waals surface area (Å²) >= 11 is 11.9. The molecule has 2 aromatic rings. The van der Waals surface area contributed by atoms with Crippen molar-refractivity contribution in [3.05, 3.63) is 63.6 Å². The first kappa shape index (κ1) is 17.7. The predicted octanol–water partition coefficient (Wildman–Crippen LogP) is 4.04. The highest BCUT2D eigenvalue weighted by atomic mass is 35.5. The molecular weight excluding hydrogens is 345 g/mol. The number of carbonyl (C=O) groups is 1. The molecule has 0 saturated carbocycles. The van der Waals surface area contributed by atoms with Crippen LogP contribution in [-0.4, -0.2) is 19.0 Å². The Balaban J connectivity index is 1.76. The average Bonchev–Trinajstić information content (AvgIpc) is 2.48. The first-order valence-electron chi connectivity index (χ1n) is 6.85. The second kappa shape index (κ2) is 8.24. The zero-order chi connectivity index (χ0) is 16.8. The summed E-state index contributed by atoms with van der Waals surface area (Å²) in [6.07, 6.45) is 0.619. The van der Waals surface area contributed by atoms with Gasteiger partial charge in [-0.05, 0) is 42.8 Å². The first-order chi connectivity index (χ1) is 11.0. The fourth-order valence-corrected chi connectivity index (χ4v) is 2.44. The van der Waals surface area contributed by atoms with E-state index in [2.05, 4.69) is 10.6 Å². The SMILES string of the molecule is O=C(CNCCc1ccc(Cl)cc1Cl)Nc1ccc(F)cc1F. The van der Waals surface area contributed by atoms with Crippen molar-refractivity contribution in [1.82, 2.24) is 5.32 Å². The number of carbonyl (C=O) groups excluding carboxylic acids is 1. The van der Waals surface area contributed by atoms with Gasteiger partial charge in [-0.25, -0.2) is 8.78 Å². The van der Waals surface area contributed by atoms with Gasteiger partial charge in [0.15, 0.2) is 0 Å². The zero-order valence-electron chi connectivity index (χ0n) is 12.0. The number of nitrogens with one attached hydrogen (secondary N) is 2. The van der Waals surface area contributed by atoms with Crippen LogP contribution >= 0.6 is 23.2 Å². The minimum absolute atomic E-state index is 0.00201. The van der Waals surface area contributed by atoms with E-state index in [9.17, 15) is 13.6 Å². The van der Waals surface area contributed by atoms with E-state index in [1.54, 1.807) is 12.1 Å². The second-order valence-corrected chi connectivity index (χ2v) is 5.68. The normalized spacial score (nSPS) is 10.6. The van der Waals surface area contributed by atoms with Crippen LogP contribution in [0.2, 0.25) is 10.0 Å². The van der Waals surface area contributed by atoms with Crippen LogP contribution < -0.4 is 10.6 Å². The molecule has 0 aromatic heterocycles. The molecule has 2 rings (SSSR count). The summed E-state index contributed by atoms with van der Waals surface area (Å²) in [5.74, 6) is -1.93. The maximum atomic E-state index is 13.4. The molecule has 0 bridgehead atoms. The van der Waals surface area contributed by atoms with E-state index >= 15 is 0 Å². The fourth-order valence-electron chi connectivity index (χ4n) is 1.93. The molecule has 23 heavy (non-hydrogen) atoms. The summed E-state index contributed by atoms with van der Waals surface area (Å²) in [5.41, 5.74) is 0.854. The Labute approximate surface area is 142 Å². The maximum Gasteiger partial charge on any atom is 0.238 e. The van der Waals surface area contributed by atoms with Crippen LogP contribution in [0.3, 0.4) is 0 Å². The molecule has 0 unspecified atom stereocenters. The lowest BCUT2D eigenvalue weighted by Crippen LogP contribution is -2.29. The van der Waals surface area contributed by atoms with Gasteiger partial charge < -0.3 is 10.6 Å². The van der Waals surface area contributed by atoms with E-state index in [1.807, 2.05) is 6.07 Å². The smallest absolute Gasteiger partial charge is 0.238 e. The summed E-state index contributed by atoms with van der Waals surface area (Å²) in [7, 11) is 0. The second-order valence-electron chi connectivity index (χ2n) is 4.83. The standard InChI is InChI=1S/C16H14Cl2F2N2O/c17-11-2-1-10(13(18)7-11)5-6-21-9-16(23)22-15-4-3-12(19)8-14(15)20/h1-4,7-8,21H,5-6,9H2,(H,22,23). The zero-order valence-corrected chi connectivity index (χ0v) is 13.5. The predicted molar refractivity (Wildman–Crippen MR) is 88.0 cm³/mol. The van der Waals surface area contributed by atoms with Gasteiger partial charge in [-0.1, -0.05) is 29.3 Å². The first-order valence-corrected chi connectivity index (χ1v) is 7.61. The fraction of sp³-hybridized carbons (Fsp3) is 0.188. The van der Waals surface area contributed by atoms with Crippen molar-refractivity contribution < 1.29 is 13.6 Å². The number of amides is 1. The molecule has 2 N–H and O–H groups in total. The molecule has 0 aliphatic heterocycles. The topological polar surface area (TPSA) is 41.1 Å². The van der Waals surface area contributed by atoms with E-state index in [1.165, 1.54) is 6.07 Å². The van der Waals surface area contributed by atoms with Gasteiger partial charge in [-0.3, -0.25) is 4.79 Å². The lowest BCUT2D eigenvalue weighted by molar-refractivity contribution is -0.115. The van der Waals surface area contributed by atoms with E-state index in [-0.39, 0.29) is 12.2 Å². The van der Waals surface area contributed by atoms with Crippen molar-refractivity contribution in [2.45, 2.75) is 6.42 Å². The number of halogens is 4. The molecule has 0 fully saturated rings. The Morgan fingerprint density at radius 3 is 2.57 bits per heavy atom. The molecule has 122 valence electrons. The van der Waals surface area contributed by atoms with Crippen molar-refractivity contribution >= 4 is 34.8 Å². The molecule has 0 saturated heterocycles. The van der Waals surface area contributed by atoms with E-state index < -0.39 is 17.5 Å². The molecule has 0 radical (unpaired) electrons. The minimum atomic E-state index is -0.814. The van der Waals surface area contributed by atoms with Crippen molar-refractivity contribution in [3.8, 4) is 0 Å². The van der Waals surface area contributed by atoms with E-state index in [0.29, 0.717) is 29.1 Å². The number of rotatable bonds is 6. The number of hydrogen-bond donors (Lipinski definition) is 2. The van der Waals surface area contributed by atoms with Crippen LogP contribution in [0.5, 0.6) is 0 Å². The third-order valence-electron chi connectivity index (χ3n) is 3.08. The Kier molecular flexibility index (Phi) is 6.33. The van der Waals surface area contributed by atoms with Gasteiger partial charge in [0.05, 0.1) is 12.2 Å². The molecule has 2 aromatic carbocycles. The third-order valence-corrected chi connectivity index (χ3v) is 3.66. The van der Waals surface area contributed by atoms with Gasteiger partial charge >= 0.3 is 0 Å². The van der Waals surface area contributed by atoms with E-state index in [4.69, 9.17) is 23.2 Å². The van der Waals surface area contributed by atoms with Gasteiger partial charge in [-0.15, -0.1) is 0 Å². The van der Waals surface area contributed by atoms with Crippen molar-refractivity contribution in [1.29, 1.82) is 0 Å². The minimum Gasteiger partial charge on any atom is -0.322 e. The molecular formula is C16H14Cl2F2N2O. The lowest BCUT2D eigenvalue weighted by Gasteiger charge is -2.08. The Bertz CT molecular complexity index is 710. The summed E-state index contributed by atoms with van der Waals surface area (Å²) < 4.78 is 26.2. The highest BCUT2D eigenvalue weighted by Crippen LogP contribution is 2.21. The van der Waals surface area contributed by atoms with Gasteiger partial charge in [0.1, 0.15) is 11.6 Å². The number of hydrogen-bond acceptors (Lipinski definition) is 2. The largest absolute Gasteiger partial charge is 0.322 e. The highest BCUT2D eigenvalue weighted by Gasteiger charge is 2.08. The molecule has 0 spiro atoms. The Morgan fingerprint density at radius 1 is 1.09 bits per heavy atom. The Morgan fingerprint density at radius 2 is 1.87 bits per heavy atom. The van der Waals surface area contributed by atoms with Gasteiger partial charge in [0, 0.05) is 16.1 Å². The monoisotopic (exact) mass is 358 g/mol. The molecule has 7 heteroatoms. The van der Waals surface area contributed by atoms with Gasteiger partial charge in [-0.2, -0.15) is 0 Å². The van der Waals surface area contributed by atoms with Crippen LogP contribution in [0.15, 0.2) is 36.4 Å². The molecule has 0 aliphatic rings. The van der Waals surface area contributed by atoms with Gasteiger partial charge in [0.25, 0.3) is 0 Å². The summed E-state index contributed by atoms with van der Waals surface area (Å²) in [5, 5.41) is 6.42. The summed E-state index contributed by atoms with van der Waals surface area (Å²) in [6.45, 7) is 0.517. The van der Waals surface area contributed by atoms with Gasteiger partial charge in [0.2, 0.25) is 5.91 Å². The average molecular weight is 359 g/mol. The molecule has 1 amide bonds. The Hall–Kier alpha value is -1.69. The lowest BCUT2D eigenvalue weighted by atomic mass is 10.1. The van der Waals surface area contributed by atoms with E-state index in [0.717, 1.165) is 11.6 Å². The third kappa shape index (κ3) is 5.46. The van der Waals surface area contributed by atoms with Crippen molar-refractivity contribution in [3.63, 3.8) is 0 Å². The maximum absolute atomic E-state index is 13.4. The van der Waals surface area contributed by atoms with Crippen molar-refractivity contribution in [2.24, 2.45) is 0 Å². The van der Waals surface area contributed by atoms with Crippen LogP contribution in [0.4, 0.5) is 14.5 Å². The van der Waals surface area contributed by atoms with Crippen LogP contribution in [0.1, 0.15) is 5.56 Å². The molecule has 0 atom stereocenters. The van der Waals surface area contributed by atoms with Crippen molar-refractivity contribution in [2.75, 3.05) is 18.4 Å².